The molecule has 0 amide bonds. The third kappa shape index (κ3) is 4.56. The third-order valence-corrected chi connectivity index (χ3v) is 5.97. The Morgan fingerprint density at radius 3 is 2.31 bits per heavy atom. The Morgan fingerprint density at radius 1 is 0.931 bits per heavy atom. The monoisotopic (exact) mass is 384 g/mol. The molecule has 4 rings (SSSR count). The number of ketones is 1. The molecule has 0 saturated carbocycles. The van der Waals surface area contributed by atoms with E-state index < -0.39 is 0 Å². The molecule has 29 heavy (non-hydrogen) atoms. The minimum Gasteiger partial charge on any atom is -0.372 e. The molecule has 1 fully saturated rings. The van der Waals surface area contributed by atoms with Gasteiger partial charge in [0, 0.05) is 49.1 Å². The van der Waals surface area contributed by atoms with Crippen molar-refractivity contribution in [1.82, 2.24) is 4.98 Å². The van der Waals surface area contributed by atoms with Crippen LogP contribution in [-0.2, 0) is 0 Å². The Labute approximate surface area is 173 Å². The predicted molar refractivity (Wildman–Crippen MR) is 119 cm³/mol. The van der Waals surface area contributed by atoms with Gasteiger partial charge in [-0.1, -0.05) is 36.4 Å². The van der Waals surface area contributed by atoms with Crippen LogP contribution in [0.15, 0.2) is 73.1 Å². The van der Waals surface area contributed by atoms with Gasteiger partial charge < -0.3 is 4.90 Å². The zero-order valence-corrected chi connectivity index (χ0v) is 17.1. The normalized spacial score (nSPS) is 15.1. The van der Waals surface area contributed by atoms with Gasteiger partial charge in [0.1, 0.15) is 0 Å². The fourth-order valence-corrected chi connectivity index (χ4v) is 4.30. The van der Waals surface area contributed by atoms with Gasteiger partial charge in [0.05, 0.1) is 0 Å². The van der Waals surface area contributed by atoms with Crippen molar-refractivity contribution in [2.24, 2.45) is 0 Å². The first-order valence-electron chi connectivity index (χ1n) is 10.6. The molecule has 3 heteroatoms. The Hall–Kier alpha value is -2.94. The molecule has 1 saturated heterocycles. The van der Waals surface area contributed by atoms with E-state index in [2.05, 4.69) is 65.3 Å². The summed E-state index contributed by atoms with van der Waals surface area (Å²) in [6.07, 6.45) is 7.70. The van der Waals surface area contributed by atoms with E-state index in [1.165, 1.54) is 41.6 Å². The molecular weight excluding hydrogens is 356 g/mol. The predicted octanol–water partition coefficient (Wildman–Crippen LogP) is 5.79. The molecule has 1 atom stereocenters. The molecule has 0 bridgehead atoms. The molecule has 0 aliphatic carbocycles. The second-order valence-electron chi connectivity index (χ2n) is 7.91. The molecule has 0 N–H and O–H groups in total. The SMILES string of the molecule is Cc1ccccc1C(CC(=O)c1ccncc1)c1ccc(N2CCCCC2)cc1. The summed E-state index contributed by atoms with van der Waals surface area (Å²) in [5.74, 6) is 0.202. The highest BCUT2D eigenvalue weighted by molar-refractivity contribution is 5.96. The van der Waals surface area contributed by atoms with Crippen molar-refractivity contribution in [2.75, 3.05) is 18.0 Å². The van der Waals surface area contributed by atoms with Gasteiger partial charge in [-0.2, -0.15) is 0 Å². The Morgan fingerprint density at radius 2 is 1.62 bits per heavy atom. The molecular formula is C26H28N2O. The van der Waals surface area contributed by atoms with Crippen LogP contribution in [-0.4, -0.2) is 23.9 Å². The van der Waals surface area contributed by atoms with E-state index in [4.69, 9.17) is 0 Å². The van der Waals surface area contributed by atoms with Crippen LogP contribution in [0.4, 0.5) is 5.69 Å². The molecule has 1 unspecified atom stereocenters. The number of hydrogen-bond acceptors (Lipinski definition) is 3. The fourth-order valence-electron chi connectivity index (χ4n) is 4.30. The van der Waals surface area contributed by atoms with E-state index in [-0.39, 0.29) is 11.7 Å². The van der Waals surface area contributed by atoms with Crippen LogP contribution in [0.5, 0.6) is 0 Å². The largest absolute Gasteiger partial charge is 0.372 e. The van der Waals surface area contributed by atoms with E-state index >= 15 is 0 Å². The summed E-state index contributed by atoms with van der Waals surface area (Å²) in [6.45, 7) is 4.41. The van der Waals surface area contributed by atoms with E-state index in [1.807, 2.05) is 0 Å². The van der Waals surface area contributed by atoms with Crippen LogP contribution in [0.2, 0.25) is 0 Å². The van der Waals surface area contributed by atoms with E-state index in [1.54, 1.807) is 24.5 Å². The molecule has 2 aromatic carbocycles. The zero-order chi connectivity index (χ0) is 20.1. The van der Waals surface area contributed by atoms with Crippen LogP contribution in [0.1, 0.15) is 58.6 Å². The number of aryl methyl sites for hydroxylation is 1. The molecule has 1 aliphatic rings. The van der Waals surface area contributed by atoms with Gasteiger partial charge in [0.15, 0.2) is 5.78 Å². The maximum Gasteiger partial charge on any atom is 0.163 e. The standard InChI is InChI=1S/C26H28N2O/c1-20-7-3-4-8-24(20)25(19-26(29)22-13-15-27-16-14-22)21-9-11-23(12-10-21)28-17-5-2-6-18-28/h3-4,7-16,25H,2,5-6,17-19H2,1H3. The molecule has 3 aromatic rings. The molecule has 3 nitrogen and oxygen atoms in total. The van der Waals surface area contributed by atoms with E-state index in [9.17, 15) is 4.79 Å². The molecule has 1 aromatic heterocycles. The number of pyridine rings is 1. The highest BCUT2D eigenvalue weighted by atomic mass is 16.1. The molecule has 0 spiro atoms. The Balaban J connectivity index is 1.63. The minimum atomic E-state index is 0.0484. The molecule has 0 radical (unpaired) electrons. The summed E-state index contributed by atoms with van der Waals surface area (Å²) in [5, 5.41) is 0. The number of piperidine rings is 1. The van der Waals surface area contributed by atoms with Crippen LogP contribution in [0.3, 0.4) is 0 Å². The minimum absolute atomic E-state index is 0.0484. The smallest absolute Gasteiger partial charge is 0.163 e. The van der Waals surface area contributed by atoms with Crippen LogP contribution in [0, 0.1) is 6.92 Å². The zero-order valence-electron chi connectivity index (χ0n) is 17.1. The molecule has 148 valence electrons. The number of anilines is 1. The van der Waals surface area contributed by atoms with Crippen LogP contribution >= 0.6 is 0 Å². The van der Waals surface area contributed by atoms with Crippen LogP contribution < -0.4 is 4.90 Å². The van der Waals surface area contributed by atoms with E-state index in [0.717, 1.165) is 18.7 Å². The van der Waals surface area contributed by atoms with Crippen LogP contribution in [0.25, 0.3) is 0 Å². The lowest BCUT2D eigenvalue weighted by Crippen LogP contribution is -2.29. The van der Waals surface area contributed by atoms with Crippen molar-refractivity contribution < 1.29 is 4.79 Å². The van der Waals surface area contributed by atoms with Crippen molar-refractivity contribution in [1.29, 1.82) is 0 Å². The lowest BCUT2D eigenvalue weighted by Gasteiger charge is -2.29. The van der Waals surface area contributed by atoms with Crippen molar-refractivity contribution in [3.05, 3.63) is 95.3 Å². The van der Waals surface area contributed by atoms with E-state index in [0.29, 0.717) is 6.42 Å². The van der Waals surface area contributed by atoms with Crippen molar-refractivity contribution in [3.8, 4) is 0 Å². The highest BCUT2D eigenvalue weighted by Gasteiger charge is 2.21. The first-order valence-corrected chi connectivity index (χ1v) is 10.6. The average Bonchev–Trinajstić information content (AvgIpc) is 2.79. The summed E-state index contributed by atoms with van der Waals surface area (Å²) in [4.78, 5) is 19.5. The quantitative estimate of drug-likeness (QED) is 0.505. The van der Waals surface area contributed by atoms with Gasteiger partial charge in [0.2, 0.25) is 0 Å². The summed E-state index contributed by atoms with van der Waals surface area (Å²) < 4.78 is 0. The number of benzene rings is 2. The second kappa shape index (κ2) is 9.04. The second-order valence-corrected chi connectivity index (χ2v) is 7.91. The van der Waals surface area contributed by atoms with Crippen molar-refractivity contribution in [3.63, 3.8) is 0 Å². The number of nitrogens with zero attached hydrogens (tertiary/aromatic N) is 2. The number of carbonyl (C=O) groups is 1. The summed E-state index contributed by atoms with van der Waals surface area (Å²) in [7, 11) is 0. The lowest BCUT2D eigenvalue weighted by atomic mass is 9.84. The maximum atomic E-state index is 13.0. The first kappa shape index (κ1) is 19.4. The first-order chi connectivity index (χ1) is 14.2. The fraction of sp³-hybridized carbons (Fsp3) is 0.308. The number of hydrogen-bond donors (Lipinski definition) is 0. The van der Waals surface area contributed by atoms with Gasteiger partial charge in [0.25, 0.3) is 0 Å². The van der Waals surface area contributed by atoms with Gasteiger partial charge in [-0.15, -0.1) is 0 Å². The number of carbonyl (C=O) groups excluding carboxylic acids is 1. The highest BCUT2D eigenvalue weighted by Crippen LogP contribution is 2.33. The summed E-state index contributed by atoms with van der Waals surface area (Å²) in [5.41, 5.74) is 5.66. The van der Waals surface area contributed by atoms with Gasteiger partial charge in [-0.05, 0) is 67.1 Å². The average molecular weight is 385 g/mol. The maximum absolute atomic E-state index is 13.0. The lowest BCUT2D eigenvalue weighted by molar-refractivity contribution is 0.0977. The molecule has 1 aliphatic heterocycles. The molecule has 2 heterocycles. The summed E-state index contributed by atoms with van der Waals surface area (Å²) in [6, 6.07) is 20.9. The Kier molecular flexibility index (Phi) is 6.04. The topological polar surface area (TPSA) is 33.2 Å². The van der Waals surface area contributed by atoms with Gasteiger partial charge in [-0.3, -0.25) is 9.78 Å². The third-order valence-electron chi connectivity index (χ3n) is 5.97. The van der Waals surface area contributed by atoms with Gasteiger partial charge >= 0.3 is 0 Å². The Bertz CT molecular complexity index is 944. The number of rotatable bonds is 6. The van der Waals surface area contributed by atoms with Gasteiger partial charge in [-0.25, -0.2) is 0 Å². The van der Waals surface area contributed by atoms with Crippen molar-refractivity contribution in [2.45, 2.75) is 38.5 Å². The number of aromatic nitrogens is 1. The summed E-state index contributed by atoms with van der Waals surface area (Å²) >= 11 is 0. The van der Waals surface area contributed by atoms with Crippen molar-refractivity contribution >= 4 is 11.5 Å². The number of Topliss-reactive ketones (excluding diaryl/α,β-unsaturated/α-hetero) is 1.